The Balaban J connectivity index is 1.59. The summed E-state index contributed by atoms with van der Waals surface area (Å²) in [6.07, 6.45) is 1.14. The Morgan fingerprint density at radius 3 is 2.85 bits per heavy atom. The van der Waals surface area contributed by atoms with Crippen molar-refractivity contribution in [2.45, 2.75) is 26.0 Å². The average molecular weight is 520 g/mol. The van der Waals surface area contributed by atoms with Gasteiger partial charge in [0.15, 0.2) is 11.5 Å². The van der Waals surface area contributed by atoms with Crippen LogP contribution in [0.25, 0.3) is 0 Å². The van der Waals surface area contributed by atoms with Gasteiger partial charge in [0.2, 0.25) is 12.7 Å². The van der Waals surface area contributed by atoms with Gasteiger partial charge in [0.25, 0.3) is 11.8 Å². The zero-order chi connectivity index (χ0) is 23.7. The Bertz CT molecular complexity index is 1060. The van der Waals surface area contributed by atoms with Crippen LogP contribution in [0.5, 0.6) is 17.4 Å². The lowest BCUT2D eigenvalue weighted by Gasteiger charge is -2.37. The van der Waals surface area contributed by atoms with E-state index in [1.165, 1.54) is 0 Å². The highest BCUT2D eigenvalue weighted by Gasteiger charge is 2.35. The van der Waals surface area contributed by atoms with Crippen molar-refractivity contribution in [1.29, 1.82) is 0 Å². The van der Waals surface area contributed by atoms with E-state index in [2.05, 4.69) is 20.9 Å². The van der Waals surface area contributed by atoms with Crippen LogP contribution in [0.4, 0.5) is 0 Å². The number of hydrogen-bond acceptors (Lipinski definition) is 7. The number of fused-ring (bicyclic) bond motifs is 2. The summed E-state index contributed by atoms with van der Waals surface area (Å²) in [6, 6.07) is 6.37. The number of halogens is 1. The van der Waals surface area contributed by atoms with Gasteiger partial charge >= 0.3 is 0 Å². The number of hydrogen-bond donors (Lipinski definition) is 1. The van der Waals surface area contributed by atoms with E-state index in [1.807, 2.05) is 6.92 Å². The molecule has 1 aromatic heterocycles. The van der Waals surface area contributed by atoms with Crippen molar-refractivity contribution < 1.29 is 28.9 Å². The number of aromatic nitrogens is 1. The number of rotatable bonds is 5. The van der Waals surface area contributed by atoms with Crippen molar-refractivity contribution in [2.24, 2.45) is 5.92 Å². The molecule has 0 saturated carbocycles. The van der Waals surface area contributed by atoms with Gasteiger partial charge in [0, 0.05) is 35.7 Å². The first-order valence-corrected chi connectivity index (χ1v) is 11.5. The zero-order valence-corrected chi connectivity index (χ0v) is 20.2. The molecule has 2 amide bonds. The lowest BCUT2D eigenvalue weighted by Crippen LogP contribution is -2.50. The van der Waals surface area contributed by atoms with Gasteiger partial charge in [-0.2, -0.15) is 0 Å². The number of amides is 2. The average Bonchev–Trinajstić information content (AvgIpc) is 3.28. The van der Waals surface area contributed by atoms with Gasteiger partial charge in [-0.1, -0.05) is 6.92 Å². The molecule has 0 radical (unpaired) electrons. The molecule has 3 heterocycles. The maximum absolute atomic E-state index is 13.2. The van der Waals surface area contributed by atoms with Crippen LogP contribution < -0.4 is 14.2 Å². The first-order chi connectivity index (χ1) is 15.8. The van der Waals surface area contributed by atoms with Gasteiger partial charge < -0.3 is 29.1 Å². The molecule has 4 rings (SSSR count). The number of aliphatic hydroxyl groups excluding tert-OH is 1. The molecular weight excluding hydrogens is 494 g/mol. The normalized spacial score (nSPS) is 20.4. The summed E-state index contributed by atoms with van der Waals surface area (Å²) >= 11 is 3.36. The minimum absolute atomic E-state index is 0.131. The lowest BCUT2D eigenvalue weighted by atomic mass is 10.00. The largest absolute Gasteiger partial charge is 0.472 e. The van der Waals surface area contributed by atoms with E-state index in [0.29, 0.717) is 33.6 Å². The van der Waals surface area contributed by atoms with Crippen LogP contribution in [-0.4, -0.2) is 77.4 Å². The number of carbonyl (C=O) groups is 2. The SMILES string of the molecule is C[C@@H]1CN([C@@H](C)CO)C(=O)c2cc(Br)cnc2O[C@H]1CN(C)C(=O)c1ccc2c(c1)OCO2. The second kappa shape index (κ2) is 9.56. The van der Waals surface area contributed by atoms with Gasteiger partial charge in [-0.3, -0.25) is 9.59 Å². The van der Waals surface area contributed by atoms with Gasteiger partial charge in [0.1, 0.15) is 11.7 Å². The summed E-state index contributed by atoms with van der Waals surface area (Å²) < 4.78 is 17.5. The molecule has 0 fully saturated rings. The molecule has 9 nitrogen and oxygen atoms in total. The molecular formula is C23H26BrN3O6. The van der Waals surface area contributed by atoms with Crippen molar-refractivity contribution in [2.75, 3.05) is 33.5 Å². The smallest absolute Gasteiger partial charge is 0.259 e. The fourth-order valence-corrected chi connectivity index (χ4v) is 4.23. The highest BCUT2D eigenvalue weighted by Crippen LogP contribution is 2.33. The van der Waals surface area contributed by atoms with E-state index >= 15 is 0 Å². The quantitative estimate of drug-likeness (QED) is 0.647. The number of aliphatic hydroxyl groups is 1. The van der Waals surface area contributed by atoms with Crippen LogP contribution in [0.3, 0.4) is 0 Å². The summed E-state index contributed by atoms with van der Waals surface area (Å²) in [4.78, 5) is 33.8. The fraction of sp³-hybridized carbons (Fsp3) is 0.435. The predicted molar refractivity (Wildman–Crippen MR) is 123 cm³/mol. The Morgan fingerprint density at radius 1 is 1.33 bits per heavy atom. The van der Waals surface area contributed by atoms with Crippen molar-refractivity contribution in [1.82, 2.24) is 14.8 Å². The second-order valence-corrected chi connectivity index (χ2v) is 9.30. The lowest BCUT2D eigenvalue weighted by molar-refractivity contribution is 0.0313. The Hall–Kier alpha value is -2.85. The van der Waals surface area contributed by atoms with Gasteiger partial charge in [-0.25, -0.2) is 4.98 Å². The molecule has 2 aromatic rings. The summed E-state index contributed by atoms with van der Waals surface area (Å²) in [6.45, 7) is 4.37. The van der Waals surface area contributed by atoms with E-state index in [9.17, 15) is 14.7 Å². The fourth-order valence-electron chi connectivity index (χ4n) is 3.90. The summed E-state index contributed by atoms with van der Waals surface area (Å²) in [5.74, 6) is 0.790. The number of carbonyl (C=O) groups excluding carboxylic acids is 2. The van der Waals surface area contributed by atoms with Crippen molar-refractivity contribution >= 4 is 27.7 Å². The molecule has 1 N–H and O–H groups in total. The predicted octanol–water partition coefficient (Wildman–Crippen LogP) is 2.57. The van der Waals surface area contributed by atoms with Crippen LogP contribution in [0, 0.1) is 5.92 Å². The van der Waals surface area contributed by atoms with Crippen LogP contribution in [0.15, 0.2) is 34.9 Å². The van der Waals surface area contributed by atoms with Crippen molar-refractivity contribution in [3.05, 3.63) is 46.1 Å². The van der Waals surface area contributed by atoms with E-state index in [0.717, 1.165) is 0 Å². The number of ether oxygens (including phenoxy) is 3. The highest BCUT2D eigenvalue weighted by atomic mass is 79.9. The zero-order valence-electron chi connectivity index (χ0n) is 18.7. The van der Waals surface area contributed by atoms with E-state index < -0.39 is 6.10 Å². The molecule has 10 heteroatoms. The molecule has 3 atom stereocenters. The Kier molecular flexibility index (Phi) is 6.76. The number of benzene rings is 1. The monoisotopic (exact) mass is 519 g/mol. The van der Waals surface area contributed by atoms with E-state index in [4.69, 9.17) is 14.2 Å². The summed E-state index contributed by atoms with van der Waals surface area (Å²) in [5, 5.41) is 9.71. The number of pyridine rings is 1. The maximum Gasteiger partial charge on any atom is 0.259 e. The molecule has 0 spiro atoms. The molecule has 0 saturated heterocycles. The molecule has 176 valence electrons. The van der Waals surface area contributed by atoms with Crippen LogP contribution in [-0.2, 0) is 0 Å². The minimum atomic E-state index is -0.429. The topological polar surface area (TPSA) is 101 Å². The minimum Gasteiger partial charge on any atom is -0.472 e. The standard InChI is InChI=1S/C23H26BrN3O6/c1-13-9-27(14(2)11-28)23(30)17-7-16(24)8-25-21(17)33-20(13)10-26(3)22(29)15-4-5-18-19(6-15)32-12-31-18/h4-8,13-14,20,28H,9-12H2,1-3H3/t13-,14+,20+/m1/s1. The molecule has 0 bridgehead atoms. The summed E-state index contributed by atoms with van der Waals surface area (Å²) in [5.41, 5.74) is 0.791. The number of nitrogens with zero attached hydrogens (tertiary/aromatic N) is 3. The molecule has 1 aromatic carbocycles. The molecule has 33 heavy (non-hydrogen) atoms. The third-order valence-corrected chi connectivity index (χ3v) is 6.34. The first-order valence-electron chi connectivity index (χ1n) is 10.7. The molecule has 0 unspecified atom stereocenters. The first kappa shape index (κ1) is 23.3. The van der Waals surface area contributed by atoms with Gasteiger partial charge in [-0.05, 0) is 47.1 Å². The van der Waals surface area contributed by atoms with Crippen molar-refractivity contribution in [3.63, 3.8) is 0 Å². The highest BCUT2D eigenvalue weighted by molar-refractivity contribution is 9.10. The Labute approximate surface area is 200 Å². The molecule has 0 aliphatic carbocycles. The molecule has 2 aliphatic rings. The van der Waals surface area contributed by atoms with Crippen LogP contribution in [0.2, 0.25) is 0 Å². The van der Waals surface area contributed by atoms with Crippen molar-refractivity contribution in [3.8, 4) is 17.4 Å². The summed E-state index contributed by atoms with van der Waals surface area (Å²) in [7, 11) is 1.71. The van der Waals surface area contributed by atoms with Crippen LogP contribution in [0.1, 0.15) is 34.6 Å². The third kappa shape index (κ3) is 4.77. The van der Waals surface area contributed by atoms with E-state index in [-0.39, 0.29) is 49.6 Å². The Morgan fingerprint density at radius 2 is 2.09 bits per heavy atom. The maximum atomic E-state index is 13.2. The van der Waals surface area contributed by atoms with Gasteiger partial charge in [-0.15, -0.1) is 0 Å². The van der Waals surface area contributed by atoms with Crippen LogP contribution >= 0.6 is 15.9 Å². The molecule has 2 aliphatic heterocycles. The second-order valence-electron chi connectivity index (χ2n) is 8.38. The third-order valence-electron chi connectivity index (χ3n) is 5.91. The van der Waals surface area contributed by atoms with E-state index in [1.54, 1.807) is 54.2 Å². The number of likely N-dealkylation sites (N-methyl/N-ethyl adjacent to an activating group) is 1. The van der Waals surface area contributed by atoms with Gasteiger partial charge in [0.05, 0.1) is 19.2 Å².